The van der Waals surface area contributed by atoms with Crippen molar-refractivity contribution in [1.82, 2.24) is 19.6 Å². The Bertz CT molecular complexity index is 1360. The van der Waals surface area contributed by atoms with E-state index < -0.39 is 60.6 Å². The van der Waals surface area contributed by atoms with Gasteiger partial charge in [-0.15, -0.1) is 5.10 Å². The van der Waals surface area contributed by atoms with Gasteiger partial charge >= 0.3 is 0 Å². The number of hydrogen-bond donors (Lipinski definition) is 3. The highest BCUT2D eigenvalue weighted by atomic mass is 19.2. The topological polar surface area (TPSA) is 144 Å². The highest BCUT2D eigenvalue weighted by Crippen LogP contribution is 2.34. The molecule has 0 spiro atoms. The minimum atomic E-state index is -1.63. The summed E-state index contributed by atoms with van der Waals surface area (Å²) < 4.78 is 48.8. The second-order valence-electron chi connectivity index (χ2n) is 8.79. The van der Waals surface area contributed by atoms with Gasteiger partial charge in [0.2, 0.25) is 0 Å². The molecule has 4 heterocycles. The van der Waals surface area contributed by atoms with Crippen LogP contribution in [-0.2, 0) is 9.57 Å². The van der Waals surface area contributed by atoms with Crippen LogP contribution in [0.1, 0.15) is 18.9 Å². The van der Waals surface area contributed by atoms with Crippen LogP contribution in [0.5, 0.6) is 0 Å². The van der Waals surface area contributed by atoms with Crippen LogP contribution in [0.4, 0.5) is 13.2 Å². The van der Waals surface area contributed by atoms with E-state index in [1.165, 1.54) is 16.8 Å². The van der Waals surface area contributed by atoms with E-state index >= 15 is 0 Å². The summed E-state index contributed by atoms with van der Waals surface area (Å²) in [6.07, 6.45) is -2.32. The second kappa shape index (κ2) is 10.0. The molecule has 6 atom stereocenters. The van der Waals surface area contributed by atoms with Crippen LogP contribution in [-0.4, -0.2) is 77.8 Å². The molecule has 196 valence electrons. The SMILES string of the molecule is O=c1ccccn1C1=NO[C@@H](C[C@H]2O[C@H](CO)[C@H](O)[C@H](n3cc(-c4cc(F)c(F)c(F)c4)nn3)[C@H]2O)C1. The maximum atomic E-state index is 13.7. The summed E-state index contributed by atoms with van der Waals surface area (Å²) in [7, 11) is 0. The fourth-order valence-corrected chi connectivity index (χ4v) is 4.53. The van der Waals surface area contributed by atoms with Crippen LogP contribution >= 0.6 is 0 Å². The van der Waals surface area contributed by atoms with Crippen molar-refractivity contribution in [2.75, 3.05) is 6.61 Å². The number of benzene rings is 1. The van der Waals surface area contributed by atoms with Crippen molar-refractivity contribution < 1.29 is 38.1 Å². The molecule has 1 aromatic carbocycles. The molecule has 2 aliphatic rings. The first kappa shape index (κ1) is 25.1. The van der Waals surface area contributed by atoms with Crippen LogP contribution in [0.15, 0.2) is 52.7 Å². The van der Waals surface area contributed by atoms with Crippen molar-refractivity contribution in [2.45, 2.75) is 49.4 Å². The van der Waals surface area contributed by atoms with Gasteiger partial charge in [-0.3, -0.25) is 9.36 Å². The van der Waals surface area contributed by atoms with E-state index in [0.717, 1.165) is 16.8 Å². The van der Waals surface area contributed by atoms with E-state index in [1.54, 1.807) is 18.3 Å². The molecule has 2 aromatic heterocycles. The molecule has 0 aliphatic carbocycles. The number of aliphatic hydroxyl groups excluding tert-OH is 3. The van der Waals surface area contributed by atoms with E-state index in [-0.39, 0.29) is 29.7 Å². The van der Waals surface area contributed by atoms with Gasteiger partial charge in [0.05, 0.1) is 18.9 Å². The van der Waals surface area contributed by atoms with Crippen molar-refractivity contribution >= 4 is 5.84 Å². The van der Waals surface area contributed by atoms with Gasteiger partial charge in [0.15, 0.2) is 23.3 Å². The Morgan fingerprint density at radius 3 is 2.51 bits per heavy atom. The summed E-state index contributed by atoms with van der Waals surface area (Å²) in [5, 5.41) is 43.3. The predicted octanol–water partition coefficient (Wildman–Crippen LogP) is 0.587. The quantitative estimate of drug-likeness (QED) is 0.414. The number of pyridine rings is 1. The van der Waals surface area contributed by atoms with Gasteiger partial charge in [0.25, 0.3) is 5.56 Å². The first-order chi connectivity index (χ1) is 17.8. The highest BCUT2D eigenvalue weighted by Gasteiger charge is 2.47. The number of nitrogens with zero attached hydrogens (tertiary/aromatic N) is 5. The average Bonchev–Trinajstić information content (AvgIpc) is 3.55. The number of aliphatic hydroxyl groups is 3. The van der Waals surface area contributed by atoms with Crippen molar-refractivity contribution in [3.63, 3.8) is 0 Å². The smallest absolute Gasteiger partial charge is 0.256 e. The number of rotatable bonds is 5. The Hall–Kier alpha value is -3.59. The molecule has 3 N–H and O–H groups in total. The predicted molar refractivity (Wildman–Crippen MR) is 120 cm³/mol. The third kappa shape index (κ3) is 4.75. The zero-order valence-corrected chi connectivity index (χ0v) is 19.1. The highest BCUT2D eigenvalue weighted by molar-refractivity contribution is 5.85. The van der Waals surface area contributed by atoms with Gasteiger partial charge in [-0.2, -0.15) is 0 Å². The maximum absolute atomic E-state index is 13.7. The summed E-state index contributed by atoms with van der Waals surface area (Å²) in [5.41, 5.74) is -0.425. The van der Waals surface area contributed by atoms with E-state index in [1.807, 2.05) is 0 Å². The maximum Gasteiger partial charge on any atom is 0.256 e. The zero-order valence-electron chi connectivity index (χ0n) is 19.1. The molecule has 0 bridgehead atoms. The third-order valence-electron chi connectivity index (χ3n) is 6.40. The summed E-state index contributed by atoms with van der Waals surface area (Å²) in [6, 6.07) is 4.97. The molecule has 0 amide bonds. The molecule has 0 radical (unpaired) electrons. The molecule has 1 saturated heterocycles. The van der Waals surface area contributed by atoms with Crippen molar-refractivity contribution in [2.24, 2.45) is 5.16 Å². The zero-order chi connectivity index (χ0) is 26.3. The number of hydrogen-bond acceptors (Lipinski definition) is 9. The summed E-state index contributed by atoms with van der Waals surface area (Å²) in [6.45, 7) is -0.580. The van der Waals surface area contributed by atoms with Crippen LogP contribution in [0.3, 0.4) is 0 Å². The molecule has 5 rings (SSSR count). The van der Waals surface area contributed by atoms with Crippen LogP contribution < -0.4 is 5.56 Å². The number of ether oxygens (including phenoxy) is 1. The number of aromatic nitrogens is 4. The van der Waals surface area contributed by atoms with Crippen molar-refractivity contribution in [3.05, 3.63) is 70.5 Å². The minimum absolute atomic E-state index is 0.0359. The van der Waals surface area contributed by atoms with Gasteiger partial charge in [0.1, 0.15) is 36.2 Å². The molecule has 2 aliphatic heterocycles. The fraction of sp³-hybridized carbons (Fsp3) is 0.391. The van der Waals surface area contributed by atoms with Gasteiger partial charge < -0.3 is 24.9 Å². The monoisotopic (exact) mass is 521 g/mol. The van der Waals surface area contributed by atoms with E-state index in [2.05, 4.69) is 15.5 Å². The standard InChI is InChI=1S/C23H22F3N5O6/c24-13-5-11(6-14(25)20(13)26)15-9-31(29-27-15)21-22(34)16(36-17(10-32)23(21)35)7-12-8-18(28-37-12)30-4-2-1-3-19(30)33/h1-6,9,12,16-17,21-23,32,34-35H,7-8,10H2/t12-,16+,17+,21+,22-,23-/m0/s1. The lowest BCUT2D eigenvalue weighted by Crippen LogP contribution is -2.56. The fourth-order valence-electron chi connectivity index (χ4n) is 4.53. The molecule has 0 unspecified atom stereocenters. The third-order valence-corrected chi connectivity index (χ3v) is 6.40. The van der Waals surface area contributed by atoms with Gasteiger partial charge in [0, 0.05) is 30.7 Å². The van der Waals surface area contributed by atoms with Gasteiger partial charge in [-0.05, 0) is 18.2 Å². The van der Waals surface area contributed by atoms with Gasteiger partial charge in [-0.25, -0.2) is 17.9 Å². The second-order valence-corrected chi connectivity index (χ2v) is 8.79. The van der Waals surface area contributed by atoms with Crippen LogP contribution in [0, 0.1) is 17.5 Å². The van der Waals surface area contributed by atoms with E-state index in [4.69, 9.17) is 9.57 Å². The first-order valence-electron chi connectivity index (χ1n) is 11.4. The lowest BCUT2D eigenvalue weighted by Gasteiger charge is -2.42. The summed E-state index contributed by atoms with van der Waals surface area (Å²) in [5.74, 6) is -4.08. The van der Waals surface area contributed by atoms with E-state index in [0.29, 0.717) is 5.84 Å². The lowest BCUT2D eigenvalue weighted by atomic mass is 9.89. The molecular formula is C23H22F3N5O6. The first-order valence-corrected chi connectivity index (χ1v) is 11.4. The van der Waals surface area contributed by atoms with Gasteiger partial charge in [-0.1, -0.05) is 16.4 Å². The Morgan fingerprint density at radius 2 is 1.81 bits per heavy atom. The van der Waals surface area contributed by atoms with Crippen molar-refractivity contribution in [3.8, 4) is 11.3 Å². The Balaban J connectivity index is 1.35. The van der Waals surface area contributed by atoms with E-state index in [9.17, 15) is 33.3 Å². The Kier molecular flexibility index (Phi) is 6.81. The Labute approximate surface area is 207 Å². The summed E-state index contributed by atoms with van der Waals surface area (Å²) >= 11 is 0. The largest absolute Gasteiger partial charge is 0.394 e. The van der Waals surface area contributed by atoms with Crippen LogP contribution in [0.2, 0.25) is 0 Å². The minimum Gasteiger partial charge on any atom is -0.394 e. The van der Waals surface area contributed by atoms with Crippen LogP contribution in [0.25, 0.3) is 11.3 Å². The van der Waals surface area contributed by atoms with Crippen molar-refractivity contribution in [1.29, 1.82) is 0 Å². The average molecular weight is 521 g/mol. The molecule has 0 saturated carbocycles. The summed E-state index contributed by atoms with van der Waals surface area (Å²) in [4.78, 5) is 17.5. The molecule has 3 aromatic rings. The normalized spacial score (nSPS) is 27.7. The number of halogens is 3. The lowest BCUT2D eigenvalue weighted by molar-refractivity contribution is -0.212. The number of oxime groups is 1. The Morgan fingerprint density at radius 1 is 1.08 bits per heavy atom. The molecule has 1 fully saturated rings. The molecule has 14 heteroatoms. The molecule has 37 heavy (non-hydrogen) atoms. The molecular weight excluding hydrogens is 499 g/mol. The molecule has 11 nitrogen and oxygen atoms in total.